The highest BCUT2D eigenvalue weighted by Gasteiger charge is 2.89. The van der Waals surface area contributed by atoms with Gasteiger partial charge in [0.2, 0.25) is 0 Å². The zero-order chi connectivity index (χ0) is 61.0. The smallest absolute Gasteiger partial charge is 0.331 e. The van der Waals surface area contributed by atoms with Crippen molar-refractivity contribution in [2.24, 2.45) is 104 Å². The van der Waals surface area contributed by atoms with Crippen molar-refractivity contribution in [1.82, 2.24) is 5.32 Å². The molecule has 13 aliphatic carbocycles. The van der Waals surface area contributed by atoms with Crippen LogP contribution in [0.3, 0.4) is 0 Å². The van der Waals surface area contributed by atoms with Crippen molar-refractivity contribution in [2.45, 2.75) is 214 Å². The van der Waals surface area contributed by atoms with Gasteiger partial charge in [0.05, 0.1) is 42.0 Å². The summed E-state index contributed by atoms with van der Waals surface area (Å²) < 4.78 is 14.8. The fraction of sp³-hybridized carbons (Fsp3) is 0.675. The minimum absolute atomic E-state index is 0.0443. The third-order valence-electron chi connectivity index (χ3n) is 31.1. The van der Waals surface area contributed by atoms with E-state index in [2.05, 4.69) is 90.0 Å². The van der Waals surface area contributed by atoms with Gasteiger partial charge in [-0.25, -0.2) is 4.79 Å². The summed E-state index contributed by atoms with van der Waals surface area (Å²) in [6, 6.07) is 26.4. The molecule has 3 aromatic carbocycles. The summed E-state index contributed by atoms with van der Waals surface area (Å²) in [5, 5.41) is 74.9. The number of hydrogen-bond donors (Lipinski definition) is 6. The number of aliphatic hydroxyl groups excluding tert-OH is 2. The van der Waals surface area contributed by atoms with Crippen LogP contribution in [0, 0.1) is 116 Å². The number of aliphatic hydroxyl groups is 5. The number of likely N-dealkylation sites (N-methyl/N-ethyl adjacent to an activating group) is 1. The van der Waals surface area contributed by atoms with Crippen LogP contribution < -0.4 is 5.32 Å². The summed E-state index contributed by atoms with van der Waals surface area (Å²) in [6.45, 7) is -0.460. The molecule has 90 heavy (non-hydrogen) atoms. The van der Waals surface area contributed by atoms with Crippen LogP contribution >= 0.6 is 0 Å². The molecule has 0 aromatic heterocycles. The molecule has 3 heterocycles. The molecule has 6 N–H and O–H groups in total. The Labute approximate surface area is 533 Å². The maximum atomic E-state index is 16.3. The van der Waals surface area contributed by atoms with Crippen LogP contribution in [0.1, 0.15) is 181 Å². The molecule has 25 atom stereocenters. The maximum absolute atomic E-state index is 16.3. The van der Waals surface area contributed by atoms with Crippen LogP contribution in [-0.4, -0.2) is 92.6 Å². The molecule has 0 radical (unpaired) electrons. The van der Waals surface area contributed by atoms with E-state index in [-0.39, 0.29) is 85.7 Å². The number of fused-ring (bicyclic) bond motifs is 11. The van der Waals surface area contributed by atoms with Gasteiger partial charge in [-0.2, -0.15) is 0 Å². The van der Waals surface area contributed by atoms with Gasteiger partial charge in [-0.1, -0.05) is 104 Å². The lowest BCUT2D eigenvalue weighted by Gasteiger charge is -2.76. The van der Waals surface area contributed by atoms with Crippen molar-refractivity contribution in [3.63, 3.8) is 0 Å². The molecular formula is C80H97NO9. The molecule has 0 unspecified atom stereocenters. The maximum Gasteiger partial charge on any atom is 0.331 e. The molecular weight excluding hydrogens is 1120 g/mol. The molecule has 1 saturated heterocycles. The lowest BCUT2D eigenvalue weighted by atomic mass is 9.31. The Balaban J connectivity index is 0.855. The third kappa shape index (κ3) is 7.56. The number of carbonyl (C=O) groups excluding carboxylic acids is 2. The highest BCUT2D eigenvalue weighted by Crippen LogP contribution is 2.84. The zero-order valence-corrected chi connectivity index (χ0v) is 53.1. The quantitative estimate of drug-likeness (QED) is 0.0627. The second-order valence-electron chi connectivity index (χ2n) is 33.7. The summed E-state index contributed by atoms with van der Waals surface area (Å²) in [7, 11) is 1.96. The average molecular weight is 1220 g/mol. The van der Waals surface area contributed by atoms with Crippen molar-refractivity contribution in [3.05, 3.63) is 130 Å². The second-order valence-corrected chi connectivity index (χ2v) is 33.7. The fourth-order valence-electron chi connectivity index (χ4n) is 28.1. The number of aldehydes is 1. The summed E-state index contributed by atoms with van der Waals surface area (Å²) in [6.07, 6.45) is 26.4. The first kappa shape index (κ1) is 58.2. The molecule has 10 heteroatoms. The van der Waals surface area contributed by atoms with Crippen molar-refractivity contribution in [1.29, 1.82) is 0 Å². The van der Waals surface area contributed by atoms with Gasteiger partial charge in [0.1, 0.15) is 18.0 Å². The Kier molecular flexibility index (Phi) is 13.3. The predicted octanol–water partition coefficient (Wildman–Crippen LogP) is 11.5. The number of rotatable bonds is 5. The number of benzene rings is 3. The average Bonchev–Trinajstić information content (AvgIpc) is 1.29. The Morgan fingerprint density at radius 2 is 1.57 bits per heavy atom. The Morgan fingerprint density at radius 3 is 2.38 bits per heavy atom. The zero-order valence-electron chi connectivity index (χ0n) is 53.1. The molecule has 19 rings (SSSR count). The van der Waals surface area contributed by atoms with E-state index >= 15 is 20.1 Å². The van der Waals surface area contributed by atoms with Gasteiger partial charge in [-0.05, 0) is 259 Å². The molecule has 10 saturated carbocycles. The van der Waals surface area contributed by atoms with Crippen LogP contribution in [0.15, 0.2) is 96.6 Å². The van der Waals surface area contributed by atoms with Crippen molar-refractivity contribution in [3.8, 4) is 11.8 Å². The van der Waals surface area contributed by atoms with Crippen LogP contribution in [-0.2, 0) is 44.9 Å². The molecule has 0 amide bonds. The van der Waals surface area contributed by atoms with Crippen LogP contribution in [0.25, 0.3) is 0 Å². The molecule has 3 aromatic rings. The van der Waals surface area contributed by atoms with E-state index < -0.39 is 67.8 Å². The van der Waals surface area contributed by atoms with E-state index in [0.717, 1.165) is 106 Å². The Hall–Kier alpha value is -4.44. The van der Waals surface area contributed by atoms with Crippen LogP contribution in [0.4, 0.5) is 0 Å². The highest BCUT2D eigenvalue weighted by molar-refractivity contribution is 5.87. The van der Waals surface area contributed by atoms with Crippen molar-refractivity contribution in [2.75, 3.05) is 13.7 Å². The molecule has 11 fully saturated rings. The van der Waals surface area contributed by atoms with Gasteiger partial charge in [0.25, 0.3) is 0 Å². The van der Waals surface area contributed by atoms with Gasteiger partial charge >= 0.3 is 5.97 Å². The predicted molar refractivity (Wildman–Crippen MR) is 342 cm³/mol. The van der Waals surface area contributed by atoms with E-state index in [1.807, 2.05) is 19.2 Å². The number of carbonyl (C=O) groups is 2. The lowest BCUT2D eigenvalue weighted by molar-refractivity contribution is -0.374. The number of hydrogen-bond acceptors (Lipinski definition) is 10. The highest BCUT2D eigenvalue weighted by atomic mass is 16.5. The topological polar surface area (TPSA) is 166 Å². The largest absolute Gasteiger partial charge is 0.454 e. The first-order valence-corrected chi connectivity index (χ1v) is 36.2. The first-order chi connectivity index (χ1) is 43.7. The molecule has 16 aliphatic rings. The SMILES string of the molecule is CN[C@@H]1Cc2c(cccc2CO)C#CC2(CCCC2)C[C@]23CC[C@H]4[C@@](O)(C[C@H]5C[C@@H]6[C@@H]7CC=C[C@@H]6C[C@H]6[C@H]8O[C@@H](Cc9cccc(c9)C[C@H]9CC[C@@H]7C9)C[C@H]7C[C@H]9C[C@@H](c%10ccccc%10)CC[C@@H]9[C@]78C[C@@]4(C=O)[C@]56O)[C@@]2(O)C[C@@H]2C[C@H]1[C@@H]1OC(=O)C=C1[C@@]23CO. The summed E-state index contributed by atoms with van der Waals surface area (Å²) in [4.78, 5) is 30.7. The number of ether oxygens (including phenoxy) is 2. The number of allylic oxidation sites excluding steroid dienone is 2. The van der Waals surface area contributed by atoms with Gasteiger partial charge < -0.3 is 45.1 Å². The van der Waals surface area contributed by atoms with Gasteiger partial charge in [0, 0.05) is 57.1 Å². The van der Waals surface area contributed by atoms with E-state index in [1.54, 1.807) is 6.08 Å². The van der Waals surface area contributed by atoms with E-state index in [1.165, 1.54) is 42.2 Å². The first-order valence-electron chi connectivity index (χ1n) is 36.2. The number of nitrogens with one attached hydrogen (secondary N) is 1. The van der Waals surface area contributed by atoms with E-state index in [9.17, 15) is 15.0 Å². The Morgan fingerprint density at radius 1 is 0.744 bits per heavy atom. The van der Waals surface area contributed by atoms with E-state index in [4.69, 9.17) is 9.47 Å². The summed E-state index contributed by atoms with van der Waals surface area (Å²) in [5.74, 6) is 8.21. The number of esters is 1. The molecule has 14 bridgehead atoms. The van der Waals surface area contributed by atoms with Crippen molar-refractivity contribution < 1.29 is 44.6 Å². The van der Waals surface area contributed by atoms with Gasteiger partial charge in [-0.3, -0.25) is 0 Å². The Bertz CT molecular complexity index is 3530. The summed E-state index contributed by atoms with van der Waals surface area (Å²) >= 11 is 0. The van der Waals surface area contributed by atoms with Gasteiger partial charge in [-0.15, -0.1) is 0 Å². The molecule has 3 aliphatic heterocycles. The van der Waals surface area contributed by atoms with Crippen molar-refractivity contribution >= 4 is 12.3 Å². The molecule has 3 spiro atoms. The molecule has 10 nitrogen and oxygen atoms in total. The van der Waals surface area contributed by atoms with Crippen LogP contribution in [0.5, 0.6) is 0 Å². The summed E-state index contributed by atoms with van der Waals surface area (Å²) in [5.41, 5.74) is -2.61. The fourth-order valence-corrected chi connectivity index (χ4v) is 28.1. The minimum atomic E-state index is -1.89. The third-order valence-corrected chi connectivity index (χ3v) is 31.1. The van der Waals surface area contributed by atoms with Gasteiger partial charge in [0.15, 0.2) is 0 Å². The minimum Gasteiger partial charge on any atom is -0.454 e. The lowest BCUT2D eigenvalue weighted by Crippen LogP contribution is -2.84. The standard InChI is InChI=1S/C80H97NO9/c1-81-68-38-62-51(14-8-16-55(62)42-82)22-26-73(24-5-6-25-73)43-75-27-23-69-74(45-83)44-76-57(33-56-32-52(20-21-65(56)76)50-12-3-2-4-13-50)35-60-31-48-11-7-10-47(28-48)29-49-18-19-54(30-49)61-17-9-15-53-34-67(72(76)89-60)80(74,88)59(37-63(53)61)40-78(69,86)79(75,87)41-58-36-64(68)71-66(39-70(85)90-71)77(58,75)46-84/h2-4,7-16,28,39,45,49,52-54,56-61,63-65,67-69,71-72,81-82,84,86-88H,5-6,17-21,23-25,27,29-38,40-44,46H2,1H3/t49-,52+,53-,54-,56-,57-,58+,59-,60+,61-,63+,64-,65+,67+,68-,69-,71+,72-,74+,75+,76+,77-,78+,79-,80+/m1/s1. The monoisotopic (exact) mass is 1220 g/mol. The second kappa shape index (κ2) is 20.5. The van der Waals surface area contributed by atoms with E-state index in [0.29, 0.717) is 74.5 Å². The van der Waals surface area contributed by atoms with Crippen LogP contribution in [0.2, 0.25) is 0 Å². The normalized spacial score (nSPS) is 49.2. The molecule has 476 valence electrons.